The Hall–Kier alpha value is -1.84. The van der Waals surface area contributed by atoms with Gasteiger partial charge in [0.25, 0.3) is 0 Å². The molecule has 1 aromatic carbocycles. The van der Waals surface area contributed by atoms with Gasteiger partial charge in [0.15, 0.2) is 0 Å². The van der Waals surface area contributed by atoms with Crippen molar-refractivity contribution in [3.63, 3.8) is 0 Å². The molecule has 0 spiro atoms. The Morgan fingerprint density at radius 2 is 2.00 bits per heavy atom. The molecule has 1 fully saturated rings. The van der Waals surface area contributed by atoms with Crippen molar-refractivity contribution in [2.75, 3.05) is 5.32 Å². The van der Waals surface area contributed by atoms with Crippen molar-refractivity contribution < 1.29 is 14.7 Å². The average molecular weight is 261 g/mol. The molecular formula is C15H19NO3. The van der Waals surface area contributed by atoms with Gasteiger partial charge in [-0.25, -0.2) is 0 Å². The molecule has 0 aliphatic heterocycles. The fourth-order valence-electron chi connectivity index (χ4n) is 2.32. The number of amides is 1. The maximum absolute atomic E-state index is 12.0. The van der Waals surface area contributed by atoms with Crippen molar-refractivity contribution in [2.45, 2.75) is 33.1 Å². The van der Waals surface area contributed by atoms with Crippen LogP contribution in [0.5, 0.6) is 0 Å². The van der Waals surface area contributed by atoms with E-state index in [-0.39, 0.29) is 23.7 Å². The Morgan fingerprint density at radius 3 is 2.47 bits per heavy atom. The van der Waals surface area contributed by atoms with Gasteiger partial charge >= 0.3 is 5.97 Å². The normalized spacial score (nSPS) is 24.8. The summed E-state index contributed by atoms with van der Waals surface area (Å²) >= 11 is 0. The van der Waals surface area contributed by atoms with Gasteiger partial charge < -0.3 is 10.4 Å². The summed E-state index contributed by atoms with van der Waals surface area (Å²) in [6.45, 7) is 4.24. The van der Waals surface area contributed by atoms with Crippen molar-refractivity contribution in [1.29, 1.82) is 0 Å². The first-order chi connectivity index (χ1) is 8.94. The number of carbonyl (C=O) groups is 2. The zero-order valence-electron chi connectivity index (χ0n) is 11.3. The summed E-state index contributed by atoms with van der Waals surface area (Å²) in [6, 6.07) is 6.97. The predicted octanol–water partition coefficient (Wildman–Crippen LogP) is 2.69. The van der Waals surface area contributed by atoms with Crippen molar-refractivity contribution >= 4 is 17.6 Å². The number of benzene rings is 1. The van der Waals surface area contributed by atoms with Crippen molar-refractivity contribution in [3.05, 3.63) is 29.8 Å². The number of hydrogen-bond donors (Lipinski definition) is 2. The number of carboxylic acids is 1. The molecule has 102 valence electrons. The van der Waals surface area contributed by atoms with Crippen LogP contribution in [0.25, 0.3) is 0 Å². The zero-order valence-corrected chi connectivity index (χ0v) is 11.3. The minimum atomic E-state index is -0.853. The van der Waals surface area contributed by atoms with Gasteiger partial charge in [0.2, 0.25) is 5.91 Å². The Morgan fingerprint density at radius 1 is 1.37 bits per heavy atom. The number of nitrogens with one attached hydrogen (secondary N) is 1. The van der Waals surface area contributed by atoms with E-state index in [1.165, 1.54) is 0 Å². The molecule has 0 radical (unpaired) electrons. The Kier molecular flexibility index (Phi) is 3.60. The molecule has 19 heavy (non-hydrogen) atoms. The Bertz CT molecular complexity index is 495. The van der Waals surface area contributed by atoms with Gasteiger partial charge in [-0.3, -0.25) is 9.59 Å². The molecule has 2 rings (SSSR count). The highest BCUT2D eigenvalue weighted by molar-refractivity contribution is 5.95. The first-order valence-electron chi connectivity index (χ1n) is 6.56. The second-order valence-electron chi connectivity index (χ2n) is 5.52. The molecule has 2 unspecified atom stereocenters. The van der Waals surface area contributed by atoms with Crippen LogP contribution >= 0.6 is 0 Å². The summed E-state index contributed by atoms with van der Waals surface area (Å²) in [7, 11) is 0. The minimum absolute atomic E-state index is 0.00472. The van der Waals surface area contributed by atoms with Gasteiger partial charge in [-0.15, -0.1) is 0 Å². The molecule has 4 nitrogen and oxygen atoms in total. The highest BCUT2D eigenvalue weighted by Gasteiger charge is 2.52. The van der Waals surface area contributed by atoms with Gasteiger partial charge in [0, 0.05) is 11.6 Å². The van der Waals surface area contributed by atoms with Gasteiger partial charge in [-0.05, 0) is 36.0 Å². The van der Waals surface area contributed by atoms with Crippen LogP contribution in [-0.2, 0) is 16.0 Å². The van der Waals surface area contributed by atoms with Crippen molar-refractivity contribution in [3.8, 4) is 0 Å². The number of aliphatic carboxylic acids is 1. The first-order valence-corrected chi connectivity index (χ1v) is 6.56. The standard InChI is InChI=1S/C15H19NO3/c1-3-15(2)9-12(15)14(19)16-11-6-4-10(5-7-11)8-13(17)18/h4-7,12H,3,8-9H2,1-2H3,(H,16,19)(H,17,18). The van der Waals surface area contributed by atoms with Gasteiger partial charge in [0.1, 0.15) is 0 Å². The lowest BCUT2D eigenvalue weighted by molar-refractivity contribution is -0.136. The van der Waals surface area contributed by atoms with Crippen molar-refractivity contribution in [2.24, 2.45) is 11.3 Å². The van der Waals surface area contributed by atoms with Crippen LogP contribution in [0.4, 0.5) is 5.69 Å². The van der Waals surface area contributed by atoms with Crippen molar-refractivity contribution in [1.82, 2.24) is 0 Å². The van der Waals surface area contributed by atoms with Gasteiger partial charge in [-0.2, -0.15) is 0 Å². The molecule has 1 aliphatic carbocycles. The maximum atomic E-state index is 12.0. The van der Waals surface area contributed by atoms with E-state index < -0.39 is 5.97 Å². The third-order valence-corrected chi connectivity index (χ3v) is 4.05. The van der Waals surface area contributed by atoms with E-state index in [2.05, 4.69) is 19.2 Å². The van der Waals surface area contributed by atoms with E-state index in [0.717, 1.165) is 24.1 Å². The summed E-state index contributed by atoms with van der Waals surface area (Å²) in [5.74, 6) is -0.681. The number of hydrogen-bond acceptors (Lipinski definition) is 2. The van der Waals surface area contributed by atoms with E-state index in [1.807, 2.05) is 0 Å². The van der Waals surface area contributed by atoms with Gasteiger partial charge in [0.05, 0.1) is 6.42 Å². The molecular weight excluding hydrogens is 242 g/mol. The smallest absolute Gasteiger partial charge is 0.307 e. The average Bonchev–Trinajstić information content (AvgIpc) is 3.05. The maximum Gasteiger partial charge on any atom is 0.307 e. The van der Waals surface area contributed by atoms with Crippen LogP contribution in [0, 0.1) is 11.3 Å². The molecule has 0 heterocycles. The number of anilines is 1. The number of carboxylic acid groups (broad SMARTS) is 1. The van der Waals surface area contributed by atoms with E-state index >= 15 is 0 Å². The molecule has 0 aromatic heterocycles. The third kappa shape index (κ3) is 3.13. The van der Waals surface area contributed by atoms with E-state index in [0.29, 0.717) is 0 Å². The molecule has 2 atom stereocenters. The summed E-state index contributed by atoms with van der Waals surface area (Å²) in [5, 5.41) is 11.6. The molecule has 1 amide bonds. The summed E-state index contributed by atoms with van der Waals surface area (Å²) in [5.41, 5.74) is 1.62. The highest BCUT2D eigenvalue weighted by Crippen LogP contribution is 2.55. The van der Waals surface area contributed by atoms with E-state index in [4.69, 9.17) is 5.11 Å². The van der Waals surface area contributed by atoms with Crippen LogP contribution in [-0.4, -0.2) is 17.0 Å². The molecule has 0 bridgehead atoms. The summed E-state index contributed by atoms with van der Waals surface area (Å²) in [4.78, 5) is 22.6. The molecule has 1 aromatic rings. The molecule has 1 aliphatic rings. The van der Waals surface area contributed by atoms with Crippen LogP contribution < -0.4 is 5.32 Å². The van der Waals surface area contributed by atoms with Crippen LogP contribution in [0.3, 0.4) is 0 Å². The highest BCUT2D eigenvalue weighted by atomic mass is 16.4. The Labute approximate surface area is 112 Å². The fraction of sp³-hybridized carbons (Fsp3) is 0.467. The topological polar surface area (TPSA) is 66.4 Å². The summed E-state index contributed by atoms with van der Waals surface area (Å²) < 4.78 is 0. The van der Waals surface area contributed by atoms with E-state index in [1.54, 1.807) is 24.3 Å². The lowest BCUT2D eigenvalue weighted by Gasteiger charge is -2.09. The fourth-order valence-corrected chi connectivity index (χ4v) is 2.32. The number of carbonyl (C=O) groups excluding carboxylic acids is 1. The minimum Gasteiger partial charge on any atom is -0.481 e. The first kappa shape index (κ1) is 13.6. The predicted molar refractivity (Wildman–Crippen MR) is 72.9 cm³/mol. The van der Waals surface area contributed by atoms with Crippen LogP contribution in [0.1, 0.15) is 32.3 Å². The van der Waals surface area contributed by atoms with Crippen LogP contribution in [0.2, 0.25) is 0 Å². The Balaban J connectivity index is 1.93. The zero-order chi connectivity index (χ0) is 14.0. The van der Waals surface area contributed by atoms with Crippen LogP contribution in [0.15, 0.2) is 24.3 Å². The SMILES string of the molecule is CCC1(C)CC1C(=O)Nc1ccc(CC(=O)O)cc1. The lowest BCUT2D eigenvalue weighted by Crippen LogP contribution is -2.17. The van der Waals surface area contributed by atoms with Gasteiger partial charge in [-0.1, -0.05) is 26.0 Å². The monoisotopic (exact) mass is 261 g/mol. The third-order valence-electron chi connectivity index (χ3n) is 4.05. The summed E-state index contributed by atoms with van der Waals surface area (Å²) in [6.07, 6.45) is 1.97. The molecule has 2 N–H and O–H groups in total. The second-order valence-corrected chi connectivity index (χ2v) is 5.52. The quantitative estimate of drug-likeness (QED) is 0.856. The van der Waals surface area contributed by atoms with E-state index in [9.17, 15) is 9.59 Å². The number of rotatable bonds is 5. The molecule has 4 heteroatoms. The largest absolute Gasteiger partial charge is 0.481 e. The second kappa shape index (κ2) is 5.03. The molecule has 1 saturated carbocycles. The lowest BCUT2D eigenvalue weighted by atomic mass is 10.0. The molecule has 0 saturated heterocycles.